The standard InChI is InChI=1S/C10H11NO3.C8H18.C6H14.C5H12.C3H8O.C3H8/c1-2-3-4-8-5-6-9(12)7-10(8)11(13)14;1-5-7(3)8(4)6-2;1-4-5-6(2)3;1-4-5(2)3;1-2-3-4;1-3-2/h3-7,12H,2H2,1H3;7-8H,5-6H2,1-4H3;6H,4-5H2,1-3H3;5H,4H2,1-3H3;4H,2-3H2,1H3;3H2,1-2H3/b4-3-;;;;;. The van der Waals surface area contributed by atoms with Crippen LogP contribution in [0.2, 0.25) is 0 Å². The van der Waals surface area contributed by atoms with Crippen molar-refractivity contribution < 1.29 is 15.1 Å². The number of nitro groups is 1. The first kappa shape index (κ1) is 47.9. The minimum absolute atomic E-state index is 0.0744. The number of phenolic OH excluding ortho intramolecular Hbond substituents is 1. The zero-order valence-corrected chi connectivity index (χ0v) is 29.2. The molecule has 0 amide bonds. The average molecular weight is 570 g/mol. The highest BCUT2D eigenvalue weighted by Gasteiger charge is 2.11. The van der Waals surface area contributed by atoms with Gasteiger partial charge < -0.3 is 10.2 Å². The molecule has 0 aliphatic heterocycles. The van der Waals surface area contributed by atoms with Crippen LogP contribution >= 0.6 is 0 Å². The van der Waals surface area contributed by atoms with Crippen molar-refractivity contribution in [1.82, 2.24) is 0 Å². The number of allylic oxidation sites excluding steroid dienone is 1. The second-order valence-corrected chi connectivity index (χ2v) is 11.0. The van der Waals surface area contributed by atoms with Gasteiger partial charge in [-0.2, -0.15) is 0 Å². The van der Waals surface area contributed by atoms with Crippen molar-refractivity contribution in [3.05, 3.63) is 40.0 Å². The molecule has 0 fully saturated rings. The molecule has 2 atom stereocenters. The number of nitrogens with zero attached hydrogens (tertiary/aromatic N) is 1. The van der Waals surface area contributed by atoms with E-state index < -0.39 is 4.92 Å². The fraction of sp³-hybridized carbons (Fsp3) is 0.771. The van der Waals surface area contributed by atoms with Crippen molar-refractivity contribution in [3.63, 3.8) is 0 Å². The Bertz CT molecular complexity index is 647. The average Bonchev–Trinajstić information content (AvgIpc) is 2.92. The number of phenols is 1. The summed E-state index contributed by atoms with van der Waals surface area (Å²) in [5.41, 5.74) is 0.435. The molecule has 1 rings (SSSR count). The summed E-state index contributed by atoms with van der Waals surface area (Å²) >= 11 is 0. The molecule has 5 heteroatoms. The number of hydrogen-bond acceptors (Lipinski definition) is 4. The molecule has 0 saturated heterocycles. The van der Waals surface area contributed by atoms with Crippen LogP contribution in [0.15, 0.2) is 24.3 Å². The molecule has 1 aromatic carbocycles. The van der Waals surface area contributed by atoms with E-state index in [1.807, 2.05) is 19.9 Å². The van der Waals surface area contributed by atoms with E-state index in [0.29, 0.717) is 12.2 Å². The van der Waals surface area contributed by atoms with Gasteiger partial charge >= 0.3 is 0 Å². The highest BCUT2D eigenvalue weighted by atomic mass is 16.6. The predicted octanol–water partition coefficient (Wildman–Crippen LogP) is 12.1. The van der Waals surface area contributed by atoms with Crippen LogP contribution in [-0.4, -0.2) is 21.7 Å². The smallest absolute Gasteiger partial charge is 0.280 e. The topological polar surface area (TPSA) is 83.6 Å². The molecule has 0 heterocycles. The molecular weight excluding hydrogens is 498 g/mol. The van der Waals surface area contributed by atoms with Crippen molar-refractivity contribution in [1.29, 1.82) is 0 Å². The zero-order valence-electron chi connectivity index (χ0n) is 29.2. The normalized spacial score (nSPS) is 11.2. The molecular formula is C35H71NO4. The van der Waals surface area contributed by atoms with E-state index in [-0.39, 0.29) is 11.4 Å². The lowest BCUT2D eigenvalue weighted by atomic mass is 9.92. The van der Waals surface area contributed by atoms with Gasteiger partial charge in [0.1, 0.15) is 5.75 Å². The highest BCUT2D eigenvalue weighted by Crippen LogP contribution is 2.24. The Morgan fingerprint density at radius 2 is 1.23 bits per heavy atom. The Balaban J connectivity index is -0.000000135. The van der Waals surface area contributed by atoms with E-state index >= 15 is 0 Å². The largest absolute Gasteiger partial charge is 0.508 e. The summed E-state index contributed by atoms with van der Waals surface area (Å²) in [7, 11) is 0. The van der Waals surface area contributed by atoms with E-state index in [0.717, 1.165) is 42.6 Å². The molecule has 0 aliphatic carbocycles. The fourth-order valence-corrected chi connectivity index (χ4v) is 2.46. The first-order valence-corrected chi connectivity index (χ1v) is 16.0. The SMILES string of the molecule is CC/C=C\c1ccc(O)cc1[N+](=O)[O-].CCC.CCC(C)C.CCC(C)C(C)CC.CCCC(C)C.CCCO. The predicted molar refractivity (Wildman–Crippen MR) is 181 cm³/mol. The first-order valence-electron chi connectivity index (χ1n) is 16.0. The van der Waals surface area contributed by atoms with Crippen LogP contribution in [0.4, 0.5) is 5.69 Å². The van der Waals surface area contributed by atoms with Crippen LogP contribution in [0.1, 0.15) is 154 Å². The number of hydrogen-bond donors (Lipinski definition) is 2. The monoisotopic (exact) mass is 570 g/mol. The Kier molecular flexibility index (Phi) is 44.4. The van der Waals surface area contributed by atoms with Crippen molar-refractivity contribution in [3.8, 4) is 5.75 Å². The summed E-state index contributed by atoms with van der Waals surface area (Å²) in [5.74, 6) is 3.52. The molecule has 0 bridgehead atoms. The van der Waals surface area contributed by atoms with Crippen LogP contribution in [0.5, 0.6) is 5.75 Å². The Morgan fingerprint density at radius 1 is 0.800 bits per heavy atom. The first-order chi connectivity index (χ1) is 18.7. The number of rotatable bonds is 10. The third-order valence-corrected chi connectivity index (χ3v) is 5.91. The maximum atomic E-state index is 10.6. The molecule has 2 N–H and O–H groups in total. The van der Waals surface area contributed by atoms with Crippen molar-refractivity contribution >= 4 is 11.8 Å². The van der Waals surface area contributed by atoms with E-state index in [9.17, 15) is 10.1 Å². The van der Waals surface area contributed by atoms with Gasteiger partial charge in [-0.1, -0.05) is 148 Å². The molecule has 40 heavy (non-hydrogen) atoms. The minimum Gasteiger partial charge on any atom is -0.508 e. The molecule has 0 saturated carbocycles. The summed E-state index contributed by atoms with van der Waals surface area (Å²) in [6.45, 7) is 31.0. The van der Waals surface area contributed by atoms with Gasteiger partial charge in [0.2, 0.25) is 0 Å². The Hall–Kier alpha value is -1.88. The molecule has 2 unspecified atom stereocenters. The lowest BCUT2D eigenvalue weighted by molar-refractivity contribution is -0.385. The summed E-state index contributed by atoms with van der Waals surface area (Å²) in [6.07, 6.45) is 13.1. The lowest BCUT2D eigenvalue weighted by Gasteiger charge is -2.14. The van der Waals surface area contributed by atoms with Crippen LogP contribution in [0.25, 0.3) is 6.08 Å². The van der Waals surface area contributed by atoms with Gasteiger partial charge in [-0.3, -0.25) is 10.1 Å². The Labute approximate surface area is 251 Å². The van der Waals surface area contributed by atoms with Crippen LogP contribution in [-0.2, 0) is 0 Å². The summed E-state index contributed by atoms with van der Waals surface area (Å²) in [4.78, 5) is 10.1. The number of aliphatic hydroxyl groups excluding tert-OH is 1. The second kappa shape index (κ2) is 37.1. The van der Waals surface area contributed by atoms with E-state index in [2.05, 4.69) is 83.1 Å². The molecule has 0 spiro atoms. The minimum atomic E-state index is -0.505. The molecule has 240 valence electrons. The van der Waals surface area contributed by atoms with Gasteiger partial charge in [0.15, 0.2) is 0 Å². The maximum absolute atomic E-state index is 10.6. The highest BCUT2D eigenvalue weighted by molar-refractivity contribution is 5.62. The van der Waals surface area contributed by atoms with Crippen LogP contribution < -0.4 is 0 Å². The van der Waals surface area contributed by atoms with Gasteiger partial charge in [-0.25, -0.2) is 0 Å². The lowest BCUT2D eigenvalue weighted by Crippen LogP contribution is -2.04. The third kappa shape index (κ3) is 40.6. The number of benzene rings is 1. The summed E-state index contributed by atoms with van der Waals surface area (Å²) in [6, 6.07) is 4.11. The Morgan fingerprint density at radius 3 is 1.45 bits per heavy atom. The van der Waals surface area contributed by atoms with Gasteiger partial charge in [0.05, 0.1) is 16.6 Å². The number of aliphatic hydroxyl groups is 1. The summed E-state index contributed by atoms with van der Waals surface area (Å²) in [5, 5.41) is 27.6. The van der Waals surface area contributed by atoms with Crippen molar-refractivity contribution in [2.75, 3.05) is 6.61 Å². The second-order valence-electron chi connectivity index (χ2n) is 11.0. The van der Waals surface area contributed by atoms with Crippen molar-refractivity contribution in [2.24, 2.45) is 23.7 Å². The third-order valence-electron chi connectivity index (χ3n) is 5.91. The molecule has 0 aromatic heterocycles. The van der Waals surface area contributed by atoms with E-state index in [1.165, 1.54) is 50.7 Å². The van der Waals surface area contributed by atoms with Gasteiger partial charge in [-0.05, 0) is 48.6 Å². The molecule has 5 nitrogen and oxygen atoms in total. The number of aromatic hydroxyl groups is 1. The maximum Gasteiger partial charge on any atom is 0.280 e. The van der Waals surface area contributed by atoms with Gasteiger partial charge in [-0.15, -0.1) is 0 Å². The van der Waals surface area contributed by atoms with E-state index in [1.54, 1.807) is 6.08 Å². The summed E-state index contributed by atoms with van der Waals surface area (Å²) < 4.78 is 0. The quantitative estimate of drug-likeness (QED) is 0.217. The van der Waals surface area contributed by atoms with Crippen molar-refractivity contribution in [2.45, 2.75) is 148 Å². The number of nitro benzene ring substituents is 1. The molecule has 0 radical (unpaired) electrons. The van der Waals surface area contributed by atoms with Gasteiger partial charge in [0.25, 0.3) is 5.69 Å². The molecule has 0 aliphatic rings. The van der Waals surface area contributed by atoms with Crippen LogP contribution in [0.3, 0.4) is 0 Å². The molecule has 1 aromatic rings. The fourth-order valence-electron chi connectivity index (χ4n) is 2.46. The van der Waals surface area contributed by atoms with Gasteiger partial charge in [0, 0.05) is 6.61 Å². The zero-order chi connectivity index (χ0) is 32.5. The van der Waals surface area contributed by atoms with E-state index in [4.69, 9.17) is 10.2 Å². The van der Waals surface area contributed by atoms with Crippen LogP contribution in [0, 0.1) is 33.8 Å².